The Morgan fingerprint density at radius 1 is 0.923 bits per heavy atom. The fraction of sp³-hybridized carbons (Fsp3) is 0.286. The van der Waals surface area contributed by atoms with Crippen LogP contribution in [-0.2, 0) is 26.2 Å². The van der Waals surface area contributed by atoms with Gasteiger partial charge in [0.25, 0.3) is 10.0 Å². The standard InChI is InChI=1S/C28H30Cl3N3O4S/c1-4-26(28(36)32-5-2)33(17-20-12-13-21(29)15-25(20)31)27(35)18-34(22-14-11-19(3)24(30)16-22)39(37,38)23-9-7-6-8-10-23/h6-16,26H,4-5,17-18H2,1-3H3,(H,32,36)/t26-/m1/s1. The van der Waals surface area contributed by atoms with Gasteiger partial charge in [-0.2, -0.15) is 0 Å². The molecule has 39 heavy (non-hydrogen) atoms. The molecule has 0 aliphatic carbocycles. The summed E-state index contributed by atoms with van der Waals surface area (Å²) in [5.41, 5.74) is 1.54. The molecule has 7 nitrogen and oxygen atoms in total. The summed E-state index contributed by atoms with van der Waals surface area (Å²) in [6.45, 7) is 5.12. The largest absolute Gasteiger partial charge is 0.355 e. The van der Waals surface area contributed by atoms with Gasteiger partial charge in [0, 0.05) is 28.2 Å². The first kappa shape index (κ1) is 30.8. The third-order valence-electron chi connectivity index (χ3n) is 6.15. The highest BCUT2D eigenvalue weighted by molar-refractivity contribution is 7.92. The number of nitrogens with zero attached hydrogens (tertiary/aromatic N) is 2. The lowest BCUT2D eigenvalue weighted by molar-refractivity contribution is -0.140. The first-order valence-corrected chi connectivity index (χ1v) is 14.9. The number of nitrogens with one attached hydrogen (secondary N) is 1. The Kier molecular flexibility index (Phi) is 10.7. The summed E-state index contributed by atoms with van der Waals surface area (Å²) in [5.74, 6) is -0.940. The number of halogens is 3. The Morgan fingerprint density at radius 3 is 2.21 bits per heavy atom. The molecule has 0 radical (unpaired) electrons. The lowest BCUT2D eigenvalue weighted by Gasteiger charge is -2.33. The zero-order valence-electron chi connectivity index (χ0n) is 21.8. The maximum Gasteiger partial charge on any atom is 0.264 e. The van der Waals surface area contributed by atoms with Crippen molar-refractivity contribution in [1.82, 2.24) is 10.2 Å². The van der Waals surface area contributed by atoms with Crippen LogP contribution in [0.3, 0.4) is 0 Å². The van der Waals surface area contributed by atoms with Crippen molar-refractivity contribution in [2.75, 3.05) is 17.4 Å². The van der Waals surface area contributed by atoms with E-state index in [1.807, 2.05) is 0 Å². The SMILES string of the molecule is CCNC(=O)[C@@H](CC)N(Cc1ccc(Cl)cc1Cl)C(=O)CN(c1ccc(C)c(Cl)c1)S(=O)(=O)c1ccccc1. The van der Waals surface area contributed by atoms with E-state index in [1.54, 1.807) is 69.3 Å². The summed E-state index contributed by atoms with van der Waals surface area (Å²) in [7, 11) is -4.18. The molecule has 0 aliphatic rings. The number of sulfonamides is 1. The van der Waals surface area contributed by atoms with Crippen LogP contribution >= 0.6 is 34.8 Å². The summed E-state index contributed by atoms with van der Waals surface area (Å²) in [4.78, 5) is 28.3. The van der Waals surface area contributed by atoms with Crippen molar-refractivity contribution in [2.45, 2.75) is 44.7 Å². The van der Waals surface area contributed by atoms with E-state index in [0.29, 0.717) is 33.6 Å². The second-order valence-electron chi connectivity index (χ2n) is 8.83. The third kappa shape index (κ3) is 7.45. The Morgan fingerprint density at radius 2 is 1.62 bits per heavy atom. The zero-order chi connectivity index (χ0) is 28.7. The van der Waals surface area contributed by atoms with Gasteiger partial charge in [-0.05, 0) is 67.8 Å². The van der Waals surface area contributed by atoms with Gasteiger partial charge in [0.15, 0.2) is 0 Å². The number of benzene rings is 3. The molecule has 2 amide bonds. The number of anilines is 1. The van der Waals surface area contributed by atoms with Crippen LogP contribution in [0.5, 0.6) is 0 Å². The van der Waals surface area contributed by atoms with Crippen LogP contribution < -0.4 is 9.62 Å². The number of carbonyl (C=O) groups excluding carboxylic acids is 2. The molecule has 0 fully saturated rings. The van der Waals surface area contributed by atoms with Gasteiger partial charge in [-0.15, -0.1) is 0 Å². The second-order valence-corrected chi connectivity index (χ2v) is 11.9. The normalized spacial score (nSPS) is 12.1. The lowest BCUT2D eigenvalue weighted by atomic mass is 10.1. The van der Waals surface area contributed by atoms with Gasteiger partial charge in [0.2, 0.25) is 11.8 Å². The average molecular weight is 611 g/mol. The molecule has 208 valence electrons. The Bertz CT molecular complexity index is 1440. The van der Waals surface area contributed by atoms with Crippen molar-refractivity contribution in [3.05, 3.63) is 92.9 Å². The van der Waals surface area contributed by atoms with E-state index in [1.165, 1.54) is 23.1 Å². The van der Waals surface area contributed by atoms with Crippen LogP contribution in [0.15, 0.2) is 71.6 Å². The summed E-state index contributed by atoms with van der Waals surface area (Å²) in [6, 6.07) is 16.6. The molecule has 0 unspecified atom stereocenters. The molecule has 0 saturated heterocycles. The van der Waals surface area contributed by atoms with Crippen molar-refractivity contribution >= 4 is 62.3 Å². The molecule has 1 N–H and O–H groups in total. The van der Waals surface area contributed by atoms with Crippen LogP contribution in [0.25, 0.3) is 0 Å². The van der Waals surface area contributed by atoms with Crippen LogP contribution in [-0.4, -0.2) is 44.3 Å². The predicted octanol–water partition coefficient (Wildman–Crippen LogP) is 6.09. The number of likely N-dealkylation sites (N-methyl/N-ethyl adjacent to an activating group) is 1. The monoisotopic (exact) mass is 609 g/mol. The predicted molar refractivity (Wildman–Crippen MR) is 157 cm³/mol. The topological polar surface area (TPSA) is 86.8 Å². The van der Waals surface area contributed by atoms with Gasteiger partial charge in [-0.3, -0.25) is 13.9 Å². The fourth-order valence-corrected chi connectivity index (χ4v) is 6.10. The quantitative estimate of drug-likeness (QED) is 0.285. The van der Waals surface area contributed by atoms with Crippen molar-refractivity contribution in [2.24, 2.45) is 0 Å². The average Bonchev–Trinajstić information content (AvgIpc) is 2.90. The highest BCUT2D eigenvalue weighted by Crippen LogP contribution is 2.29. The molecule has 0 heterocycles. The molecule has 0 aliphatic heterocycles. The molecule has 0 bridgehead atoms. The Hall–Kier alpha value is -2.78. The molecule has 3 rings (SSSR count). The smallest absolute Gasteiger partial charge is 0.264 e. The Balaban J connectivity index is 2.09. The minimum Gasteiger partial charge on any atom is -0.355 e. The molecule has 3 aromatic carbocycles. The van der Waals surface area contributed by atoms with E-state index in [0.717, 1.165) is 9.87 Å². The van der Waals surface area contributed by atoms with Crippen LogP contribution in [0.1, 0.15) is 31.4 Å². The van der Waals surface area contributed by atoms with E-state index < -0.39 is 28.5 Å². The fourth-order valence-electron chi connectivity index (χ4n) is 4.03. The number of amides is 2. The number of hydrogen-bond donors (Lipinski definition) is 1. The molecule has 11 heteroatoms. The third-order valence-corrected chi connectivity index (χ3v) is 8.93. The van der Waals surface area contributed by atoms with Crippen LogP contribution in [0.2, 0.25) is 15.1 Å². The summed E-state index contributed by atoms with van der Waals surface area (Å²) in [6.07, 6.45) is 0.296. The molecule has 0 aromatic heterocycles. The van der Waals surface area contributed by atoms with E-state index in [9.17, 15) is 18.0 Å². The first-order valence-electron chi connectivity index (χ1n) is 12.3. The maximum atomic E-state index is 14.0. The lowest BCUT2D eigenvalue weighted by Crippen LogP contribution is -2.52. The summed E-state index contributed by atoms with van der Waals surface area (Å²) in [5, 5.41) is 3.86. The van der Waals surface area contributed by atoms with Crippen LogP contribution in [0, 0.1) is 6.92 Å². The van der Waals surface area contributed by atoms with Gasteiger partial charge >= 0.3 is 0 Å². The van der Waals surface area contributed by atoms with E-state index in [-0.39, 0.29) is 23.0 Å². The minimum atomic E-state index is -4.18. The summed E-state index contributed by atoms with van der Waals surface area (Å²) < 4.78 is 28.6. The zero-order valence-corrected chi connectivity index (χ0v) is 24.9. The van der Waals surface area contributed by atoms with Gasteiger partial charge in [0.05, 0.1) is 10.6 Å². The van der Waals surface area contributed by atoms with Crippen LogP contribution in [0.4, 0.5) is 5.69 Å². The minimum absolute atomic E-state index is 0.0116. The highest BCUT2D eigenvalue weighted by Gasteiger charge is 2.34. The van der Waals surface area contributed by atoms with Crippen molar-refractivity contribution in [1.29, 1.82) is 0 Å². The highest BCUT2D eigenvalue weighted by atomic mass is 35.5. The van der Waals surface area contributed by atoms with E-state index in [4.69, 9.17) is 34.8 Å². The van der Waals surface area contributed by atoms with Crippen molar-refractivity contribution in [3.8, 4) is 0 Å². The van der Waals surface area contributed by atoms with Gasteiger partial charge in [0.1, 0.15) is 12.6 Å². The van der Waals surface area contributed by atoms with Gasteiger partial charge in [-0.1, -0.05) is 72.1 Å². The van der Waals surface area contributed by atoms with E-state index >= 15 is 0 Å². The van der Waals surface area contributed by atoms with Crippen molar-refractivity contribution < 1.29 is 18.0 Å². The number of carbonyl (C=O) groups is 2. The maximum absolute atomic E-state index is 14.0. The number of hydrogen-bond acceptors (Lipinski definition) is 4. The molecule has 0 saturated carbocycles. The summed E-state index contributed by atoms with van der Waals surface area (Å²) >= 11 is 18.8. The second kappa shape index (κ2) is 13.5. The van der Waals surface area contributed by atoms with Gasteiger partial charge < -0.3 is 10.2 Å². The molecule has 0 spiro atoms. The number of rotatable bonds is 11. The first-order chi connectivity index (χ1) is 18.5. The molecule has 3 aromatic rings. The molecule has 1 atom stereocenters. The van der Waals surface area contributed by atoms with E-state index in [2.05, 4.69) is 5.32 Å². The van der Waals surface area contributed by atoms with Crippen molar-refractivity contribution in [3.63, 3.8) is 0 Å². The van der Waals surface area contributed by atoms with Gasteiger partial charge in [-0.25, -0.2) is 8.42 Å². The number of aryl methyl sites for hydroxylation is 1. The Labute approximate surface area is 244 Å². The molecular weight excluding hydrogens is 581 g/mol. The molecular formula is C28H30Cl3N3O4S.